The van der Waals surface area contributed by atoms with Gasteiger partial charge in [0.1, 0.15) is 18.8 Å². The highest BCUT2D eigenvalue weighted by Crippen LogP contribution is 2.69. The second-order valence-electron chi connectivity index (χ2n) is 11.6. The minimum absolute atomic E-state index is 0.121. The average Bonchev–Trinajstić information content (AvgIpc) is 2.77. The number of carbonyl (C=O) groups is 3. The van der Waals surface area contributed by atoms with Crippen LogP contribution in [0, 0.1) is 34.0 Å². The van der Waals surface area contributed by atoms with Crippen LogP contribution in [0.5, 0.6) is 0 Å². The van der Waals surface area contributed by atoms with E-state index in [1.54, 1.807) is 0 Å². The van der Waals surface area contributed by atoms with Crippen LogP contribution in [0.1, 0.15) is 73.1 Å². The van der Waals surface area contributed by atoms with Crippen LogP contribution in [-0.2, 0) is 28.6 Å². The minimum atomic E-state index is -0.947. The van der Waals surface area contributed by atoms with E-state index >= 15 is 0 Å². The molecule has 0 aromatic heterocycles. The van der Waals surface area contributed by atoms with Crippen molar-refractivity contribution in [2.75, 3.05) is 19.8 Å². The van der Waals surface area contributed by atoms with E-state index in [9.17, 15) is 24.6 Å². The van der Waals surface area contributed by atoms with Gasteiger partial charge in [0, 0.05) is 19.3 Å². The van der Waals surface area contributed by atoms with Crippen LogP contribution in [0.25, 0.3) is 0 Å². The molecule has 3 aliphatic carbocycles. The minimum Gasteiger partial charge on any atom is -0.465 e. The summed E-state index contributed by atoms with van der Waals surface area (Å²) < 4.78 is 16.8. The predicted molar refractivity (Wildman–Crippen MR) is 128 cm³/mol. The van der Waals surface area contributed by atoms with E-state index in [-0.39, 0.29) is 41.9 Å². The summed E-state index contributed by atoms with van der Waals surface area (Å²) in [5.74, 6) is -1.36. The highest BCUT2D eigenvalue weighted by molar-refractivity contribution is 5.77. The molecule has 0 aliphatic heterocycles. The van der Waals surface area contributed by atoms with Gasteiger partial charge in [-0.25, -0.2) is 0 Å². The Balaban J connectivity index is 1.97. The van der Waals surface area contributed by atoms with Gasteiger partial charge in [-0.05, 0) is 61.2 Å². The molecule has 3 aliphatic rings. The van der Waals surface area contributed by atoms with Gasteiger partial charge in [0.25, 0.3) is 0 Å². The maximum absolute atomic E-state index is 13.3. The Morgan fingerprint density at radius 2 is 1.60 bits per heavy atom. The average molecular weight is 495 g/mol. The standard InChI is InChI=1S/C27H42O8/c1-16-7-8-20-25(4)12-10-22(34-18(3)31)27(6,15-33-17(2)30)21(25)9-11-26(20,5)23(16)24(32)35-19(13-28)14-29/h19-23,28-29H,1,7-15H2,2-6H3. The number of rotatable bonds is 7. The number of fused-ring (bicyclic) bond motifs is 3. The second-order valence-corrected chi connectivity index (χ2v) is 11.6. The van der Waals surface area contributed by atoms with Crippen LogP contribution in [0.2, 0.25) is 0 Å². The Hall–Kier alpha value is -1.93. The SMILES string of the molecule is C=C1CCC2C(C)(CCC3C(C)(COC(C)=O)C(OC(C)=O)CCC32C)C1C(=O)OC(CO)CO. The van der Waals surface area contributed by atoms with Gasteiger partial charge >= 0.3 is 17.9 Å². The molecule has 3 rings (SSSR count). The first-order chi connectivity index (χ1) is 16.3. The van der Waals surface area contributed by atoms with E-state index < -0.39 is 42.0 Å². The molecule has 0 aromatic rings. The van der Waals surface area contributed by atoms with E-state index in [4.69, 9.17) is 14.2 Å². The first-order valence-electron chi connectivity index (χ1n) is 12.7. The molecule has 198 valence electrons. The van der Waals surface area contributed by atoms with Gasteiger partial charge in [-0.1, -0.05) is 32.9 Å². The van der Waals surface area contributed by atoms with Crippen molar-refractivity contribution in [3.63, 3.8) is 0 Å². The number of aliphatic hydroxyl groups is 2. The zero-order chi connectivity index (χ0) is 26.2. The number of carbonyl (C=O) groups excluding carboxylic acids is 3. The molecule has 0 bridgehead atoms. The number of esters is 3. The molecule has 7 atom stereocenters. The second kappa shape index (κ2) is 10.2. The van der Waals surface area contributed by atoms with Crippen LogP contribution in [0.15, 0.2) is 12.2 Å². The van der Waals surface area contributed by atoms with Crippen LogP contribution in [0.4, 0.5) is 0 Å². The van der Waals surface area contributed by atoms with E-state index in [0.717, 1.165) is 31.3 Å². The maximum atomic E-state index is 13.3. The molecule has 2 N–H and O–H groups in total. The molecule has 0 aromatic carbocycles. The molecule has 0 amide bonds. The molecule has 35 heavy (non-hydrogen) atoms. The zero-order valence-corrected chi connectivity index (χ0v) is 21.8. The van der Waals surface area contributed by atoms with E-state index in [1.807, 2.05) is 0 Å². The van der Waals surface area contributed by atoms with Gasteiger partial charge in [0.2, 0.25) is 0 Å². The lowest BCUT2D eigenvalue weighted by molar-refractivity contribution is -0.220. The summed E-state index contributed by atoms with van der Waals surface area (Å²) in [5, 5.41) is 18.9. The van der Waals surface area contributed by atoms with Gasteiger partial charge in [-0.2, -0.15) is 0 Å². The number of aliphatic hydroxyl groups excluding tert-OH is 2. The highest BCUT2D eigenvalue weighted by Gasteiger charge is 2.66. The quantitative estimate of drug-likeness (QED) is 0.315. The smallest absolute Gasteiger partial charge is 0.314 e. The van der Waals surface area contributed by atoms with Crippen molar-refractivity contribution in [3.8, 4) is 0 Å². The third-order valence-corrected chi connectivity index (χ3v) is 9.48. The monoisotopic (exact) mass is 494 g/mol. The number of hydrogen-bond acceptors (Lipinski definition) is 8. The molecule has 0 heterocycles. The Kier molecular flexibility index (Phi) is 8.07. The molecular formula is C27H42O8. The zero-order valence-electron chi connectivity index (χ0n) is 21.8. The molecule has 0 saturated heterocycles. The Labute approximate surface area is 208 Å². The Morgan fingerprint density at radius 3 is 2.17 bits per heavy atom. The number of hydrogen-bond donors (Lipinski definition) is 2. The fourth-order valence-corrected chi connectivity index (χ4v) is 7.97. The largest absolute Gasteiger partial charge is 0.465 e. The lowest BCUT2D eigenvalue weighted by Crippen LogP contribution is -2.64. The Morgan fingerprint density at radius 1 is 0.971 bits per heavy atom. The van der Waals surface area contributed by atoms with Crippen LogP contribution < -0.4 is 0 Å². The predicted octanol–water partition coefficient (Wildman–Crippen LogP) is 3.18. The van der Waals surface area contributed by atoms with Crippen molar-refractivity contribution in [1.29, 1.82) is 0 Å². The summed E-state index contributed by atoms with van der Waals surface area (Å²) in [6.45, 7) is 12.8. The molecule has 8 nitrogen and oxygen atoms in total. The van der Waals surface area contributed by atoms with Crippen LogP contribution in [0.3, 0.4) is 0 Å². The summed E-state index contributed by atoms with van der Waals surface area (Å²) in [5.41, 5.74) is -0.286. The third kappa shape index (κ3) is 4.88. The third-order valence-electron chi connectivity index (χ3n) is 9.48. The van der Waals surface area contributed by atoms with Gasteiger partial charge in [-0.15, -0.1) is 0 Å². The lowest BCUT2D eigenvalue weighted by atomic mass is 9.38. The summed E-state index contributed by atoms with van der Waals surface area (Å²) in [6, 6.07) is 0. The van der Waals surface area contributed by atoms with Gasteiger partial charge in [0.05, 0.1) is 19.1 Å². The molecule has 7 unspecified atom stereocenters. The van der Waals surface area contributed by atoms with Crippen molar-refractivity contribution >= 4 is 17.9 Å². The fraction of sp³-hybridized carbons (Fsp3) is 0.815. The summed E-state index contributed by atoms with van der Waals surface area (Å²) in [7, 11) is 0. The van der Waals surface area contributed by atoms with Crippen molar-refractivity contribution in [1.82, 2.24) is 0 Å². The van der Waals surface area contributed by atoms with Crippen molar-refractivity contribution in [3.05, 3.63) is 12.2 Å². The summed E-state index contributed by atoms with van der Waals surface area (Å²) >= 11 is 0. The molecular weight excluding hydrogens is 452 g/mol. The first kappa shape index (κ1) is 27.7. The molecule has 8 heteroatoms. The number of ether oxygens (including phenoxy) is 3. The van der Waals surface area contributed by atoms with E-state index in [0.29, 0.717) is 12.8 Å². The lowest BCUT2D eigenvalue weighted by Gasteiger charge is -2.66. The topological polar surface area (TPSA) is 119 Å². The van der Waals surface area contributed by atoms with Gasteiger partial charge in [-0.3, -0.25) is 14.4 Å². The van der Waals surface area contributed by atoms with Crippen molar-refractivity contribution < 1.29 is 38.8 Å². The fourth-order valence-electron chi connectivity index (χ4n) is 7.97. The molecule has 0 radical (unpaired) electrons. The molecule has 0 spiro atoms. The van der Waals surface area contributed by atoms with Crippen LogP contribution >= 0.6 is 0 Å². The van der Waals surface area contributed by atoms with Gasteiger partial charge < -0.3 is 24.4 Å². The van der Waals surface area contributed by atoms with Crippen molar-refractivity contribution in [2.24, 2.45) is 34.0 Å². The van der Waals surface area contributed by atoms with E-state index in [1.165, 1.54) is 13.8 Å². The highest BCUT2D eigenvalue weighted by atomic mass is 16.6. The Bertz CT molecular complexity index is 850. The summed E-state index contributed by atoms with van der Waals surface area (Å²) in [4.78, 5) is 37.0. The summed E-state index contributed by atoms with van der Waals surface area (Å²) in [6.07, 6.45) is 3.28. The van der Waals surface area contributed by atoms with Gasteiger partial charge in [0.15, 0.2) is 0 Å². The van der Waals surface area contributed by atoms with Crippen molar-refractivity contribution in [2.45, 2.75) is 85.4 Å². The van der Waals surface area contributed by atoms with Crippen LogP contribution in [-0.4, -0.2) is 60.1 Å². The molecule has 3 saturated carbocycles. The van der Waals surface area contributed by atoms with E-state index in [2.05, 4.69) is 27.4 Å². The first-order valence-corrected chi connectivity index (χ1v) is 12.7. The maximum Gasteiger partial charge on any atom is 0.314 e. The molecule has 3 fully saturated rings. The normalized spacial score (nSPS) is 38.8.